The van der Waals surface area contributed by atoms with Crippen molar-refractivity contribution in [1.82, 2.24) is 14.8 Å². The maximum absolute atomic E-state index is 3.54. The average Bonchev–Trinajstić information content (AvgIpc) is 2.83. The summed E-state index contributed by atoms with van der Waals surface area (Å²) in [4.78, 5) is 2.54. The molecular formula is C17H31N3. The van der Waals surface area contributed by atoms with Crippen LogP contribution in [0.5, 0.6) is 0 Å². The molecule has 1 aromatic heterocycles. The van der Waals surface area contributed by atoms with Crippen molar-refractivity contribution in [1.29, 1.82) is 0 Å². The number of piperidine rings is 1. The molecule has 0 radical (unpaired) electrons. The zero-order chi connectivity index (χ0) is 14.6. The number of hydrogen-bond donors (Lipinski definition) is 1. The lowest BCUT2D eigenvalue weighted by atomic mass is 10.0. The summed E-state index contributed by atoms with van der Waals surface area (Å²) < 4.78 is 2.35. The topological polar surface area (TPSA) is 20.2 Å². The Morgan fingerprint density at radius 1 is 1.30 bits per heavy atom. The maximum atomic E-state index is 3.54. The van der Waals surface area contributed by atoms with E-state index in [1.54, 1.807) is 0 Å². The van der Waals surface area contributed by atoms with Crippen LogP contribution < -0.4 is 5.32 Å². The van der Waals surface area contributed by atoms with E-state index in [-0.39, 0.29) is 5.54 Å². The molecule has 0 aromatic carbocycles. The highest BCUT2D eigenvalue weighted by atomic mass is 15.1. The number of aryl methyl sites for hydroxylation is 1. The van der Waals surface area contributed by atoms with Crippen LogP contribution in [0, 0.1) is 0 Å². The van der Waals surface area contributed by atoms with Gasteiger partial charge in [-0.2, -0.15) is 0 Å². The lowest BCUT2D eigenvalue weighted by molar-refractivity contribution is 0.171. The SMILES string of the molecule is CN1CCCCC1CCn1ccc(CNC(C)(C)C)c1. The molecule has 0 bridgehead atoms. The summed E-state index contributed by atoms with van der Waals surface area (Å²) in [5.41, 5.74) is 1.57. The van der Waals surface area contributed by atoms with E-state index in [2.05, 4.69) is 61.1 Å². The summed E-state index contributed by atoms with van der Waals surface area (Å²) in [6, 6.07) is 3.02. The largest absolute Gasteiger partial charge is 0.354 e. The Morgan fingerprint density at radius 3 is 2.80 bits per heavy atom. The van der Waals surface area contributed by atoms with E-state index in [9.17, 15) is 0 Å². The second-order valence-corrected chi connectivity index (χ2v) is 7.28. The van der Waals surface area contributed by atoms with Crippen molar-refractivity contribution in [3.63, 3.8) is 0 Å². The second kappa shape index (κ2) is 6.77. The van der Waals surface area contributed by atoms with Gasteiger partial charge in [0.15, 0.2) is 0 Å². The smallest absolute Gasteiger partial charge is 0.0234 e. The average molecular weight is 277 g/mol. The first-order valence-electron chi connectivity index (χ1n) is 8.04. The monoisotopic (exact) mass is 277 g/mol. The van der Waals surface area contributed by atoms with Crippen LogP contribution in [0.25, 0.3) is 0 Å². The predicted octanol–water partition coefficient (Wildman–Crippen LogP) is 3.25. The number of hydrogen-bond acceptors (Lipinski definition) is 2. The Morgan fingerprint density at radius 2 is 2.10 bits per heavy atom. The van der Waals surface area contributed by atoms with Crippen LogP contribution in [0.3, 0.4) is 0 Å². The van der Waals surface area contributed by atoms with E-state index in [0.29, 0.717) is 0 Å². The number of nitrogens with zero attached hydrogens (tertiary/aromatic N) is 2. The first kappa shape index (κ1) is 15.6. The van der Waals surface area contributed by atoms with Crippen LogP contribution in [0.15, 0.2) is 18.5 Å². The summed E-state index contributed by atoms with van der Waals surface area (Å²) >= 11 is 0. The van der Waals surface area contributed by atoms with Gasteiger partial charge in [0.25, 0.3) is 0 Å². The fourth-order valence-corrected chi connectivity index (χ4v) is 2.91. The minimum atomic E-state index is 0.187. The lowest BCUT2D eigenvalue weighted by Gasteiger charge is -2.32. The van der Waals surface area contributed by atoms with Gasteiger partial charge >= 0.3 is 0 Å². The fraction of sp³-hybridized carbons (Fsp3) is 0.765. The molecule has 0 spiro atoms. The molecule has 114 valence electrons. The summed E-state index contributed by atoms with van der Waals surface area (Å²) in [5.74, 6) is 0. The molecule has 0 amide bonds. The van der Waals surface area contributed by atoms with Gasteiger partial charge in [-0.1, -0.05) is 6.42 Å². The highest BCUT2D eigenvalue weighted by molar-refractivity contribution is 5.10. The van der Waals surface area contributed by atoms with Crippen LogP contribution in [0.1, 0.15) is 52.0 Å². The molecule has 3 heteroatoms. The Bertz CT molecular complexity index is 403. The molecule has 20 heavy (non-hydrogen) atoms. The molecule has 1 atom stereocenters. The van der Waals surface area contributed by atoms with Gasteiger partial charge in [-0.05, 0) is 65.3 Å². The normalized spacial score (nSPS) is 21.3. The lowest BCUT2D eigenvalue weighted by Crippen LogP contribution is -2.36. The molecule has 1 N–H and O–H groups in total. The summed E-state index contributed by atoms with van der Waals surface area (Å²) in [7, 11) is 2.28. The fourth-order valence-electron chi connectivity index (χ4n) is 2.91. The van der Waals surface area contributed by atoms with Crippen molar-refractivity contribution in [2.75, 3.05) is 13.6 Å². The van der Waals surface area contributed by atoms with E-state index in [0.717, 1.165) is 19.1 Å². The molecule has 0 aliphatic carbocycles. The zero-order valence-electron chi connectivity index (χ0n) is 13.7. The Kier molecular flexibility index (Phi) is 5.28. The van der Waals surface area contributed by atoms with E-state index >= 15 is 0 Å². The quantitative estimate of drug-likeness (QED) is 0.891. The van der Waals surface area contributed by atoms with Crippen molar-refractivity contribution < 1.29 is 0 Å². The molecule has 2 heterocycles. The first-order chi connectivity index (χ1) is 9.44. The molecular weight excluding hydrogens is 246 g/mol. The van der Waals surface area contributed by atoms with Crippen LogP contribution >= 0.6 is 0 Å². The van der Waals surface area contributed by atoms with Crippen molar-refractivity contribution in [3.8, 4) is 0 Å². The van der Waals surface area contributed by atoms with Gasteiger partial charge < -0.3 is 14.8 Å². The molecule has 1 saturated heterocycles. The van der Waals surface area contributed by atoms with Crippen molar-refractivity contribution >= 4 is 0 Å². The first-order valence-corrected chi connectivity index (χ1v) is 8.04. The zero-order valence-corrected chi connectivity index (χ0v) is 13.7. The third-order valence-electron chi connectivity index (χ3n) is 4.28. The molecule has 2 rings (SSSR count). The van der Waals surface area contributed by atoms with Gasteiger partial charge in [0.1, 0.15) is 0 Å². The molecule has 1 aliphatic heterocycles. The number of rotatable bonds is 5. The van der Waals surface area contributed by atoms with Crippen molar-refractivity contribution in [3.05, 3.63) is 24.0 Å². The minimum absolute atomic E-state index is 0.187. The van der Waals surface area contributed by atoms with Crippen LogP contribution in [-0.4, -0.2) is 34.6 Å². The molecule has 1 aromatic rings. The molecule has 1 aliphatic rings. The summed E-state index contributed by atoms with van der Waals surface area (Å²) in [5, 5.41) is 3.54. The Balaban J connectivity index is 1.77. The highest BCUT2D eigenvalue weighted by Gasteiger charge is 2.18. The minimum Gasteiger partial charge on any atom is -0.354 e. The Hall–Kier alpha value is -0.800. The number of nitrogens with one attached hydrogen (secondary N) is 1. The van der Waals surface area contributed by atoms with Crippen molar-refractivity contribution in [2.45, 2.75) is 71.1 Å². The van der Waals surface area contributed by atoms with E-state index in [1.165, 1.54) is 37.8 Å². The molecule has 3 nitrogen and oxygen atoms in total. The maximum Gasteiger partial charge on any atom is 0.0234 e. The van der Waals surface area contributed by atoms with E-state index < -0.39 is 0 Å². The second-order valence-electron chi connectivity index (χ2n) is 7.28. The number of likely N-dealkylation sites (tertiary alicyclic amines) is 1. The third-order valence-corrected chi connectivity index (χ3v) is 4.28. The van der Waals surface area contributed by atoms with Gasteiger partial charge in [0, 0.05) is 37.1 Å². The predicted molar refractivity (Wildman–Crippen MR) is 85.9 cm³/mol. The van der Waals surface area contributed by atoms with Gasteiger partial charge in [-0.25, -0.2) is 0 Å². The third kappa shape index (κ3) is 4.95. The standard InChI is InChI=1S/C17H31N3/c1-17(2,3)18-13-15-8-11-20(14-15)12-9-16-7-5-6-10-19(16)4/h8,11,14,16,18H,5-7,9-10,12-13H2,1-4H3. The van der Waals surface area contributed by atoms with Crippen LogP contribution in [-0.2, 0) is 13.1 Å². The molecule has 1 unspecified atom stereocenters. The Labute approximate surface area is 124 Å². The van der Waals surface area contributed by atoms with E-state index in [4.69, 9.17) is 0 Å². The van der Waals surface area contributed by atoms with Crippen LogP contribution in [0.4, 0.5) is 0 Å². The number of aromatic nitrogens is 1. The summed E-state index contributed by atoms with van der Waals surface area (Å²) in [6.07, 6.45) is 9.94. The van der Waals surface area contributed by atoms with Gasteiger partial charge in [-0.3, -0.25) is 0 Å². The summed E-state index contributed by atoms with van der Waals surface area (Å²) in [6.45, 7) is 10.0. The van der Waals surface area contributed by atoms with Crippen molar-refractivity contribution in [2.24, 2.45) is 0 Å². The van der Waals surface area contributed by atoms with Gasteiger partial charge in [0.05, 0.1) is 0 Å². The van der Waals surface area contributed by atoms with Crippen LogP contribution in [0.2, 0.25) is 0 Å². The van der Waals surface area contributed by atoms with Gasteiger partial charge in [0.2, 0.25) is 0 Å². The highest BCUT2D eigenvalue weighted by Crippen LogP contribution is 2.18. The molecule has 0 saturated carbocycles. The van der Waals surface area contributed by atoms with E-state index in [1.807, 2.05) is 0 Å². The van der Waals surface area contributed by atoms with Gasteiger partial charge in [-0.15, -0.1) is 0 Å². The molecule has 1 fully saturated rings.